The molecule has 0 saturated carbocycles. The zero-order chi connectivity index (χ0) is 13.9. The second kappa shape index (κ2) is 10.1. The molecule has 0 bridgehead atoms. The molecule has 1 saturated heterocycles. The molecule has 1 aliphatic rings. The summed E-state index contributed by atoms with van der Waals surface area (Å²) in [5.41, 5.74) is 0. The van der Waals surface area contributed by atoms with E-state index in [9.17, 15) is 0 Å². The van der Waals surface area contributed by atoms with Crippen molar-refractivity contribution in [2.24, 2.45) is 10.9 Å². The van der Waals surface area contributed by atoms with Gasteiger partial charge in [-0.05, 0) is 38.8 Å². The maximum atomic E-state index is 4.73. The summed E-state index contributed by atoms with van der Waals surface area (Å²) in [6, 6.07) is 0. The lowest BCUT2D eigenvalue weighted by atomic mass is 10.1. The number of aliphatic imine (C=N–C) groups is 1. The van der Waals surface area contributed by atoms with Crippen LogP contribution in [0.1, 0.15) is 46.5 Å². The van der Waals surface area contributed by atoms with E-state index in [-0.39, 0.29) is 0 Å². The topological polar surface area (TPSA) is 39.7 Å². The molecule has 1 atom stereocenters. The number of guanidine groups is 1. The molecular weight excluding hydrogens is 236 g/mol. The highest BCUT2D eigenvalue weighted by atomic mass is 15.2. The molecule has 112 valence electrons. The minimum Gasteiger partial charge on any atom is -0.357 e. The Morgan fingerprint density at radius 2 is 2.05 bits per heavy atom. The summed E-state index contributed by atoms with van der Waals surface area (Å²) < 4.78 is 0. The molecule has 0 aromatic carbocycles. The normalized spacial score (nSPS) is 20.8. The van der Waals surface area contributed by atoms with Gasteiger partial charge in [0.15, 0.2) is 5.96 Å². The smallest absolute Gasteiger partial charge is 0.191 e. The highest BCUT2D eigenvalue weighted by Crippen LogP contribution is 2.15. The molecule has 0 amide bonds. The van der Waals surface area contributed by atoms with Crippen molar-refractivity contribution in [3.63, 3.8) is 0 Å². The molecule has 1 fully saturated rings. The number of nitrogens with one attached hydrogen (secondary N) is 2. The van der Waals surface area contributed by atoms with Crippen LogP contribution < -0.4 is 10.6 Å². The Balaban J connectivity index is 2.27. The third kappa shape index (κ3) is 6.81. The van der Waals surface area contributed by atoms with Gasteiger partial charge in [0.2, 0.25) is 0 Å². The zero-order valence-electron chi connectivity index (χ0n) is 13.0. The van der Waals surface area contributed by atoms with Crippen molar-refractivity contribution >= 4 is 5.96 Å². The highest BCUT2D eigenvalue weighted by Gasteiger charge is 2.20. The molecule has 2 N–H and O–H groups in total. The van der Waals surface area contributed by atoms with E-state index >= 15 is 0 Å². The zero-order valence-corrected chi connectivity index (χ0v) is 13.0. The van der Waals surface area contributed by atoms with E-state index in [1.165, 1.54) is 45.3 Å². The molecule has 4 heteroatoms. The van der Waals surface area contributed by atoms with Crippen molar-refractivity contribution in [3.8, 4) is 0 Å². The Hall–Kier alpha value is -0.770. The van der Waals surface area contributed by atoms with Gasteiger partial charge in [0.1, 0.15) is 0 Å². The molecule has 1 heterocycles. The Bertz CT molecular complexity index is 253. The van der Waals surface area contributed by atoms with E-state index in [4.69, 9.17) is 4.99 Å². The molecule has 0 aliphatic carbocycles. The van der Waals surface area contributed by atoms with Gasteiger partial charge in [-0.1, -0.05) is 26.7 Å². The highest BCUT2D eigenvalue weighted by molar-refractivity contribution is 5.79. The van der Waals surface area contributed by atoms with E-state index in [2.05, 4.69) is 36.3 Å². The molecule has 0 radical (unpaired) electrons. The van der Waals surface area contributed by atoms with Crippen LogP contribution in [0.5, 0.6) is 0 Å². The van der Waals surface area contributed by atoms with Crippen molar-refractivity contribution in [2.75, 3.05) is 39.3 Å². The number of hydrogen-bond acceptors (Lipinski definition) is 2. The van der Waals surface area contributed by atoms with Gasteiger partial charge in [-0.25, -0.2) is 0 Å². The third-order valence-corrected chi connectivity index (χ3v) is 3.74. The average molecular weight is 268 g/mol. The first-order chi connectivity index (χ1) is 9.30. The van der Waals surface area contributed by atoms with Gasteiger partial charge in [0, 0.05) is 26.2 Å². The second-order valence-electron chi connectivity index (χ2n) is 5.40. The molecule has 0 spiro atoms. The molecule has 0 aromatic heterocycles. The van der Waals surface area contributed by atoms with Gasteiger partial charge in [0.05, 0.1) is 0 Å². The van der Waals surface area contributed by atoms with Crippen LogP contribution in [0.3, 0.4) is 0 Å². The number of likely N-dealkylation sites (tertiary alicyclic amines) is 1. The van der Waals surface area contributed by atoms with Crippen LogP contribution in [0.2, 0.25) is 0 Å². The van der Waals surface area contributed by atoms with E-state index in [0.29, 0.717) is 0 Å². The first kappa shape index (κ1) is 16.3. The summed E-state index contributed by atoms with van der Waals surface area (Å²) in [4.78, 5) is 7.25. The van der Waals surface area contributed by atoms with Gasteiger partial charge < -0.3 is 15.5 Å². The monoisotopic (exact) mass is 268 g/mol. The summed E-state index contributed by atoms with van der Waals surface area (Å²) in [6.07, 6.45) is 5.09. The molecule has 1 aliphatic heterocycles. The van der Waals surface area contributed by atoms with E-state index in [1.807, 2.05) is 0 Å². The summed E-state index contributed by atoms with van der Waals surface area (Å²) in [5.74, 6) is 1.74. The Kier molecular flexibility index (Phi) is 8.63. The number of unbranched alkanes of at least 4 members (excludes halogenated alkanes) is 2. The third-order valence-electron chi connectivity index (χ3n) is 3.74. The van der Waals surface area contributed by atoms with Crippen LogP contribution in [0.15, 0.2) is 4.99 Å². The largest absolute Gasteiger partial charge is 0.357 e. The van der Waals surface area contributed by atoms with Crippen molar-refractivity contribution in [1.82, 2.24) is 15.5 Å². The Labute approximate surface area is 119 Å². The van der Waals surface area contributed by atoms with E-state index < -0.39 is 0 Å². The minimum atomic E-state index is 0.742. The molecule has 0 aromatic rings. The lowest BCUT2D eigenvalue weighted by Gasteiger charge is -2.14. The SMILES string of the molecule is CCCCCNC(=NCC1CCN(CC)C1)NCC. The first-order valence-corrected chi connectivity index (χ1v) is 8.04. The molecule has 1 unspecified atom stereocenters. The fraction of sp³-hybridized carbons (Fsp3) is 0.933. The van der Waals surface area contributed by atoms with Gasteiger partial charge >= 0.3 is 0 Å². The van der Waals surface area contributed by atoms with Crippen molar-refractivity contribution < 1.29 is 0 Å². The first-order valence-electron chi connectivity index (χ1n) is 8.04. The van der Waals surface area contributed by atoms with Crippen LogP contribution in [0, 0.1) is 5.92 Å². The summed E-state index contributed by atoms with van der Waals surface area (Å²) in [7, 11) is 0. The van der Waals surface area contributed by atoms with Gasteiger partial charge in [-0.3, -0.25) is 4.99 Å². The number of nitrogens with zero attached hydrogens (tertiary/aromatic N) is 2. The van der Waals surface area contributed by atoms with Crippen molar-refractivity contribution in [3.05, 3.63) is 0 Å². The summed E-state index contributed by atoms with van der Waals surface area (Å²) in [5, 5.41) is 6.76. The predicted octanol–water partition coefficient (Wildman–Crippen LogP) is 2.07. The van der Waals surface area contributed by atoms with Gasteiger partial charge in [0.25, 0.3) is 0 Å². The van der Waals surface area contributed by atoms with Gasteiger partial charge in [-0.2, -0.15) is 0 Å². The summed E-state index contributed by atoms with van der Waals surface area (Å²) >= 11 is 0. The van der Waals surface area contributed by atoms with Crippen LogP contribution in [-0.4, -0.2) is 50.1 Å². The quantitative estimate of drug-likeness (QED) is 0.402. The molecule has 4 nitrogen and oxygen atoms in total. The molecular formula is C15H32N4. The average Bonchev–Trinajstić information content (AvgIpc) is 2.88. The Morgan fingerprint density at radius 1 is 1.21 bits per heavy atom. The van der Waals surface area contributed by atoms with Crippen LogP contribution >= 0.6 is 0 Å². The van der Waals surface area contributed by atoms with Crippen LogP contribution in [-0.2, 0) is 0 Å². The number of rotatable bonds is 8. The standard InChI is InChI=1S/C15H32N4/c1-4-7-8-10-17-15(16-5-2)18-12-14-9-11-19(6-3)13-14/h14H,4-13H2,1-3H3,(H2,16,17,18). The van der Waals surface area contributed by atoms with Crippen molar-refractivity contribution in [1.29, 1.82) is 0 Å². The lowest BCUT2D eigenvalue weighted by Crippen LogP contribution is -2.38. The minimum absolute atomic E-state index is 0.742. The fourth-order valence-corrected chi connectivity index (χ4v) is 2.49. The molecule has 1 rings (SSSR count). The van der Waals surface area contributed by atoms with Crippen LogP contribution in [0.25, 0.3) is 0 Å². The maximum Gasteiger partial charge on any atom is 0.191 e. The molecule has 19 heavy (non-hydrogen) atoms. The van der Waals surface area contributed by atoms with E-state index in [0.717, 1.165) is 31.5 Å². The van der Waals surface area contributed by atoms with Crippen LogP contribution in [0.4, 0.5) is 0 Å². The second-order valence-corrected chi connectivity index (χ2v) is 5.40. The fourth-order valence-electron chi connectivity index (χ4n) is 2.49. The number of hydrogen-bond donors (Lipinski definition) is 2. The van der Waals surface area contributed by atoms with E-state index in [1.54, 1.807) is 0 Å². The maximum absolute atomic E-state index is 4.73. The summed E-state index contributed by atoms with van der Waals surface area (Å²) in [6.45, 7) is 13.2. The van der Waals surface area contributed by atoms with Gasteiger partial charge in [-0.15, -0.1) is 0 Å². The predicted molar refractivity (Wildman–Crippen MR) is 83.7 cm³/mol. The van der Waals surface area contributed by atoms with Crippen molar-refractivity contribution in [2.45, 2.75) is 46.5 Å². The Morgan fingerprint density at radius 3 is 2.68 bits per heavy atom. The lowest BCUT2D eigenvalue weighted by molar-refractivity contribution is 0.343.